The number of hydrogen-bond donors (Lipinski definition) is 0. The highest BCUT2D eigenvalue weighted by Gasteiger charge is 2.36. The maximum Gasteiger partial charge on any atom is 0.254 e. The normalized spacial score (nSPS) is 18.3. The van der Waals surface area contributed by atoms with E-state index >= 15 is 0 Å². The van der Waals surface area contributed by atoms with Crippen molar-refractivity contribution in [2.45, 2.75) is 32.7 Å². The summed E-state index contributed by atoms with van der Waals surface area (Å²) >= 11 is 0. The van der Waals surface area contributed by atoms with Gasteiger partial charge in [0.2, 0.25) is 12.7 Å². The second-order valence-electron chi connectivity index (χ2n) is 6.53. The Morgan fingerprint density at radius 3 is 2.80 bits per heavy atom. The van der Waals surface area contributed by atoms with Crippen LogP contribution in [0.15, 0.2) is 30.4 Å². The summed E-state index contributed by atoms with van der Waals surface area (Å²) in [6.07, 6.45) is 1.53. The fourth-order valence-corrected chi connectivity index (χ4v) is 3.34. The quantitative estimate of drug-likeness (QED) is 0.770. The summed E-state index contributed by atoms with van der Waals surface area (Å²) < 4.78 is 10.6. The van der Waals surface area contributed by atoms with E-state index in [0.29, 0.717) is 43.1 Å². The van der Waals surface area contributed by atoms with Crippen LogP contribution < -0.4 is 9.47 Å². The van der Waals surface area contributed by atoms with Gasteiger partial charge in [0.05, 0.1) is 0 Å². The minimum Gasteiger partial charge on any atom is -0.454 e. The molecular formula is C19H24N2O4. The first-order valence-corrected chi connectivity index (χ1v) is 8.65. The molecule has 134 valence electrons. The summed E-state index contributed by atoms with van der Waals surface area (Å²) in [6, 6.07) is 4.75. The molecule has 1 fully saturated rings. The number of nitrogens with zero attached hydrogens (tertiary/aromatic N) is 2. The highest BCUT2D eigenvalue weighted by Crippen LogP contribution is 2.33. The van der Waals surface area contributed by atoms with Crippen LogP contribution in [0, 0.1) is 0 Å². The molecule has 1 atom stereocenters. The minimum absolute atomic E-state index is 0.00269. The Morgan fingerprint density at radius 1 is 1.32 bits per heavy atom. The molecular weight excluding hydrogens is 320 g/mol. The van der Waals surface area contributed by atoms with Gasteiger partial charge < -0.3 is 19.3 Å². The zero-order valence-corrected chi connectivity index (χ0v) is 14.8. The number of carbonyl (C=O) groups excluding carboxylic acids is 2. The van der Waals surface area contributed by atoms with Crippen LogP contribution in [0.4, 0.5) is 0 Å². The van der Waals surface area contributed by atoms with Crippen LogP contribution >= 0.6 is 0 Å². The zero-order valence-electron chi connectivity index (χ0n) is 14.8. The molecule has 0 radical (unpaired) electrons. The molecule has 6 heteroatoms. The molecule has 0 unspecified atom stereocenters. The fraction of sp³-hybridized carbons (Fsp3) is 0.474. The lowest BCUT2D eigenvalue weighted by atomic mass is 10.1. The Bertz CT molecular complexity index is 701. The van der Waals surface area contributed by atoms with E-state index in [1.165, 1.54) is 0 Å². The molecule has 2 aliphatic heterocycles. The summed E-state index contributed by atoms with van der Waals surface area (Å²) in [5.41, 5.74) is 1.45. The lowest BCUT2D eigenvalue weighted by Gasteiger charge is -2.30. The molecule has 1 aromatic carbocycles. The van der Waals surface area contributed by atoms with Gasteiger partial charge in [-0.1, -0.05) is 12.2 Å². The van der Waals surface area contributed by atoms with Crippen LogP contribution in [0.3, 0.4) is 0 Å². The van der Waals surface area contributed by atoms with E-state index < -0.39 is 6.04 Å². The van der Waals surface area contributed by atoms with E-state index in [9.17, 15) is 9.59 Å². The molecule has 0 saturated carbocycles. The topological polar surface area (TPSA) is 59.1 Å². The number of fused-ring (bicyclic) bond motifs is 1. The van der Waals surface area contributed by atoms with E-state index in [1.54, 1.807) is 28.0 Å². The molecule has 0 spiro atoms. The molecule has 0 aromatic heterocycles. The van der Waals surface area contributed by atoms with Crippen LogP contribution in [0.5, 0.6) is 11.5 Å². The molecule has 0 N–H and O–H groups in total. The smallest absolute Gasteiger partial charge is 0.254 e. The van der Waals surface area contributed by atoms with Crippen molar-refractivity contribution >= 4 is 11.8 Å². The third-order valence-electron chi connectivity index (χ3n) is 4.57. The molecule has 6 nitrogen and oxygen atoms in total. The summed E-state index contributed by atoms with van der Waals surface area (Å²) in [7, 11) is 0. The number of likely N-dealkylation sites (tertiary alicyclic amines) is 1. The highest BCUT2D eigenvalue weighted by molar-refractivity contribution is 5.98. The van der Waals surface area contributed by atoms with Crippen molar-refractivity contribution in [2.75, 3.05) is 26.4 Å². The Morgan fingerprint density at radius 2 is 2.08 bits per heavy atom. The Balaban J connectivity index is 1.77. The predicted molar refractivity (Wildman–Crippen MR) is 93.7 cm³/mol. The van der Waals surface area contributed by atoms with Crippen LogP contribution in [0.25, 0.3) is 0 Å². The predicted octanol–water partition coefficient (Wildman–Crippen LogP) is 2.44. The SMILES string of the molecule is C=C(C)CN(CC)C(=O)[C@@H]1CCCN1C(=O)c1ccc2c(c1)OCO2. The Hall–Kier alpha value is -2.50. The standard InChI is InChI=1S/C19H24N2O4/c1-4-20(11-13(2)3)19(23)15-6-5-9-21(15)18(22)14-7-8-16-17(10-14)25-12-24-16/h7-8,10,15H,2,4-6,9,11-12H2,1,3H3/t15-/m0/s1. The summed E-state index contributed by atoms with van der Waals surface area (Å²) in [6.45, 7) is 9.63. The van der Waals surface area contributed by atoms with Gasteiger partial charge in [-0.15, -0.1) is 0 Å². The number of ether oxygens (including phenoxy) is 2. The molecule has 3 rings (SSSR count). The third kappa shape index (κ3) is 3.48. The number of amides is 2. The van der Waals surface area contributed by atoms with Crippen LogP contribution in [-0.2, 0) is 4.79 Å². The Labute approximate surface area is 148 Å². The van der Waals surface area contributed by atoms with Gasteiger partial charge in [0.25, 0.3) is 5.91 Å². The molecule has 2 amide bonds. The number of benzene rings is 1. The first kappa shape index (κ1) is 17.3. The number of hydrogen-bond acceptors (Lipinski definition) is 4. The maximum absolute atomic E-state index is 12.9. The average Bonchev–Trinajstić information content (AvgIpc) is 3.26. The van der Waals surface area contributed by atoms with Crippen LogP contribution in [0.2, 0.25) is 0 Å². The lowest BCUT2D eigenvalue weighted by molar-refractivity contribution is -0.134. The average molecular weight is 344 g/mol. The molecule has 25 heavy (non-hydrogen) atoms. The summed E-state index contributed by atoms with van der Waals surface area (Å²) in [5.74, 6) is 1.08. The zero-order chi connectivity index (χ0) is 18.0. The highest BCUT2D eigenvalue weighted by atomic mass is 16.7. The minimum atomic E-state index is -0.405. The first-order chi connectivity index (χ1) is 12.0. The lowest BCUT2D eigenvalue weighted by Crippen LogP contribution is -2.48. The molecule has 1 saturated heterocycles. The van der Waals surface area contributed by atoms with E-state index in [0.717, 1.165) is 12.0 Å². The van der Waals surface area contributed by atoms with E-state index in [2.05, 4.69) is 6.58 Å². The van der Waals surface area contributed by atoms with Crippen molar-refractivity contribution in [3.05, 3.63) is 35.9 Å². The second-order valence-corrected chi connectivity index (χ2v) is 6.53. The summed E-state index contributed by atoms with van der Waals surface area (Å²) in [4.78, 5) is 29.3. The molecule has 2 aliphatic rings. The van der Waals surface area contributed by atoms with Gasteiger partial charge in [0.15, 0.2) is 11.5 Å². The van der Waals surface area contributed by atoms with Crippen molar-refractivity contribution in [2.24, 2.45) is 0 Å². The van der Waals surface area contributed by atoms with Crippen molar-refractivity contribution in [3.63, 3.8) is 0 Å². The van der Waals surface area contributed by atoms with Crippen LogP contribution in [0.1, 0.15) is 37.0 Å². The van der Waals surface area contributed by atoms with Crippen LogP contribution in [-0.4, -0.2) is 54.1 Å². The monoisotopic (exact) mass is 344 g/mol. The summed E-state index contributed by atoms with van der Waals surface area (Å²) in [5, 5.41) is 0. The van der Waals surface area contributed by atoms with E-state index in [-0.39, 0.29) is 18.6 Å². The van der Waals surface area contributed by atoms with Crippen molar-refractivity contribution in [1.82, 2.24) is 9.80 Å². The Kier molecular flexibility index (Phi) is 4.97. The van der Waals surface area contributed by atoms with Gasteiger partial charge >= 0.3 is 0 Å². The van der Waals surface area contributed by atoms with Gasteiger partial charge in [-0.25, -0.2) is 0 Å². The third-order valence-corrected chi connectivity index (χ3v) is 4.57. The largest absolute Gasteiger partial charge is 0.454 e. The molecule has 1 aromatic rings. The van der Waals surface area contributed by atoms with E-state index in [4.69, 9.17) is 9.47 Å². The van der Waals surface area contributed by atoms with Gasteiger partial charge in [-0.05, 0) is 44.9 Å². The van der Waals surface area contributed by atoms with Gasteiger partial charge in [-0.2, -0.15) is 0 Å². The first-order valence-electron chi connectivity index (χ1n) is 8.65. The molecule has 2 heterocycles. The molecule has 0 bridgehead atoms. The van der Waals surface area contributed by atoms with Gasteiger partial charge in [-0.3, -0.25) is 9.59 Å². The number of carbonyl (C=O) groups is 2. The van der Waals surface area contributed by atoms with Crippen molar-refractivity contribution < 1.29 is 19.1 Å². The number of likely N-dealkylation sites (N-methyl/N-ethyl adjacent to an activating group) is 1. The van der Waals surface area contributed by atoms with Gasteiger partial charge in [0, 0.05) is 25.2 Å². The maximum atomic E-state index is 12.9. The number of rotatable bonds is 5. The van der Waals surface area contributed by atoms with E-state index in [1.807, 2.05) is 13.8 Å². The fourth-order valence-electron chi connectivity index (χ4n) is 3.34. The molecule has 0 aliphatic carbocycles. The van der Waals surface area contributed by atoms with Crippen molar-refractivity contribution in [1.29, 1.82) is 0 Å². The van der Waals surface area contributed by atoms with Crippen molar-refractivity contribution in [3.8, 4) is 11.5 Å². The second kappa shape index (κ2) is 7.17. The van der Waals surface area contributed by atoms with Gasteiger partial charge in [0.1, 0.15) is 6.04 Å².